The highest BCUT2D eigenvalue weighted by molar-refractivity contribution is 6.03. The number of aromatic nitrogens is 2. The molecule has 0 unspecified atom stereocenters. The third kappa shape index (κ3) is 3.78. The molecule has 6 nitrogen and oxygen atoms in total. The lowest BCUT2D eigenvalue weighted by atomic mass is 10.1. The van der Waals surface area contributed by atoms with Crippen LogP contribution >= 0.6 is 0 Å². The maximum atomic E-state index is 12.1. The Hall–Kier alpha value is -2.91. The number of carbonyl (C=O) groups is 1. The summed E-state index contributed by atoms with van der Waals surface area (Å²) in [5, 5.41) is 11.4. The van der Waals surface area contributed by atoms with E-state index in [4.69, 9.17) is 5.11 Å². The van der Waals surface area contributed by atoms with E-state index in [1.165, 1.54) is 6.20 Å². The van der Waals surface area contributed by atoms with Crippen LogP contribution in [0.2, 0.25) is 0 Å². The fraction of sp³-hybridized carbons (Fsp3) is 0.133. The van der Waals surface area contributed by atoms with Crippen LogP contribution < -0.4 is 10.9 Å². The molecule has 2 rings (SSSR count). The van der Waals surface area contributed by atoms with Gasteiger partial charge in [0, 0.05) is 11.8 Å². The first-order valence-corrected chi connectivity index (χ1v) is 6.16. The first-order chi connectivity index (χ1) is 10.1. The summed E-state index contributed by atoms with van der Waals surface area (Å²) in [5.74, 6) is 4.84. The molecule has 106 valence electrons. The van der Waals surface area contributed by atoms with Gasteiger partial charge in [0.15, 0.2) is 0 Å². The Bertz CT molecular complexity index is 764. The highest BCUT2D eigenvalue weighted by Gasteiger charge is 2.10. The van der Waals surface area contributed by atoms with Crippen LogP contribution in [0.3, 0.4) is 0 Å². The van der Waals surface area contributed by atoms with E-state index in [2.05, 4.69) is 27.1 Å². The molecule has 1 aromatic carbocycles. The van der Waals surface area contributed by atoms with Gasteiger partial charge in [-0.25, -0.2) is 4.98 Å². The predicted octanol–water partition coefficient (Wildman–Crippen LogP) is 0.674. The Kier molecular flexibility index (Phi) is 4.49. The molecule has 0 saturated heterocycles. The minimum Gasteiger partial charge on any atom is -0.384 e. The largest absolute Gasteiger partial charge is 0.384 e. The summed E-state index contributed by atoms with van der Waals surface area (Å²) in [6, 6.07) is 5.38. The monoisotopic (exact) mass is 283 g/mol. The van der Waals surface area contributed by atoms with E-state index >= 15 is 0 Å². The zero-order chi connectivity index (χ0) is 15.2. The van der Waals surface area contributed by atoms with Crippen LogP contribution in [0.15, 0.2) is 35.4 Å². The molecule has 3 N–H and O–H groups in total. The number of hydrogen-bond donors (Lipinski definition) is 3. The van der Waals surface area contributed by atoms with Gasteiger partial charge in [0.1, 0.15) is 12.3 Å². The second kappa shape index (κ2) is 6.50. The number of aryl methyl sites for hydroxylation is 1. The van der Waals surface area contributed by atoms with E-state index in [1.807, 2.05) is 13.0 Å². The van der Waals surface area contributed by atoms with Gasteiger partial charge in [-0.3, -0.25) is 9.59 Å². The quantitative estimate of drug-likeness (QED) is 0.706. The van der Waals surface area contributed by atoms with Gasteiger partial charge in [0.2, 0.25) is 0 Å². The number of aliphatic hydroxyl groups excluding tert-OH is 1. The molecular formula is C15H13N3O3. The molecule has 1 heterocycles. The minimum atomic E-state index is -0.455. The number of nitrogens with zero attached hydrogens (tertiary/aromatic N) is 1. The van der Waals surface area contributed by atoms with Crippen LogP contribution in [0.5, 0.6) is 0 Å². The van der Waals surface area contributed by atoms with Gasteiger partial charge in [-0.2, -0.15) is 0 Å². The third-order valence-electron chi connectivity index (χ3n) is 2.63. The molecule has 0 fully saturated rings. The maximum Gasteiger partial charge on any atom is 0.275 e. The van der Waals surface area contributed by atoms with Crippen molar-refractivity contribution in [3.63, 3.8) is 0 Å². The summed E-state index contributed by atoms with van der Waals surface area (Å²) in [5.41, 5.74) is 1.78. The highest BCUT2D eigenvalue weighted by Crippen LogP contribution is 2.17. The third-order valence-corrected chi connectivity index (χ3v) is 2.63. The molecule has 0 bridgehead atoms. The van der Waals surface area contributed by atoms with Gasteiger partial charge in [-0.1, -0.05) is 17.9 Å². The van der Waals surface area contributed by atoms with E-state index in [-0.39, 0.29) is 17.9 Å². The summed E-state index contributed by atoms with van der Waals surface area (Å²) in [7, 11) is 0. The first-order valence-electron chi connectivity index (χ1n) is 6.16. The fourth-order valence-corrected chi connectivity index (χ4v) is 1.66. The van der Waals surface area contributed by atoms with Crippen LogP contribution in [0, 0.1) is 18.8 Å². The lowest BCUT2D eigenvalue weighted by Gasteiger charge is -2.08. The Labute approximate surface area is 120 Å². The van der Waals surface area contributed by atoms with Crippen molar-refractivity contribution in [2.24, 2.45) is 0 Å². The number of amides is 1. The molecule has 0 aliphatic rings. The number of anilines is 1. The molecule has 2 aromatic rings. The van der Waals surface area contributed by atoms with Gasteiger partial charge >= 0.3 is 0 Å². The SMILES string of the molecule is Cc1ccc(C#CCO)c(NC(=O)c2c[nH]c(=O)cn2)c1. The van der Waals surface area contributed by atoms with Crippen molar-refractivity contribution in [1.82, 2.24) is 9.97 Å². The second-order valence-electron chi connectivity index (χ2n) is 4.26. The number of hydrogen-bond acceptors (Lipinski definition) is 4. The summed E-state index contributed by atoms with van der Waals surface area (Å²) in [6.45, 7) is 1.62. The van der Waals surface area contributed by atoms with E-state index in [1.54, 1.807) is 12.1 Å². The van der Waals surface area contributed by atoms with Crippen LogP contribution in [-0.2, 0) is 0 Å². The van der Waals surface area contributed by atoms with Crippen LogP contribution in [-0.4, -0.2) is 27.6 Å². The Morgan fingerprint density at radius 3 is 2.95 bits per heavy atom. The molecule has 0 radical (unpaired) electrons. The number of H-pyrrole nitrogens is 1. The van der Waals surface area contributed by atoms with Gasteiger partial charge in [-0.05, 0) is 24.6 Å². The van der Waals surface area contributed by atoms with Gasteiger partial charge in [0.05, 0.1) is 11.9 Å². The number of rotatable bonds is 2. The summed E-state index contributed by atoms with van der Waals surface area (Å²) < 4.78 is 0. The van der Waals surface area contributed by atoms with Crippen molar-refractivity contribution in [2.45, 2.75) is 6.92 Å². The molecule has 21 heavy (non-hydrogen) atoms. The van der Waals surface area contributed by atoms with Crippen molar-refractivity contribution in [3.8, 4) is 11.8 Å². The van der Waals surface area contributed by atoms with Crippen LogP contribution in [0.1, 0.15) is 21.6 Å². The van der Waals surface area contributed by atoms with E-state index in [9.17, 15) is 9.59 Å². The normalized spacial score (nSPS) is 9.62. The summed E-state index contributed by atoms with van der Waals surface area (Å²) in [6.07, 6.45) is 2.28. The van der Waals surface area contributed by atoms with E-state index in [0.29, 0.717) is 11.3 Å². The Morgan fingerprint density at radius 2 is 2.29 bits per heavy atom. The standard InChI is InChI=1S/C15H13N3O3/c1-10-4-5-11(3-2-6-19)12(7-10)18-15(21)13-8-17-14(20)9-16-13/h4-5,7-9,19H,6H2,1H3,(H,17,20)(H,18,21). The lowest BCUT2D eigenvalue weighted by Crippen LogP contribution is -2.17. The average molecular weight is 283 g/mol. The van der Waals surface area contributed by atoms with Crippen molar-refractivity contribution in [2.75, 3.05) is 11.9 Å². The molecule has 1 aromatic heterocycles. The predicted molar refractivity (Wildman–Crippen MR) is 78.0 cm³/mol. The van der Waals surface area contributed by atoms with Crippen LogP contribution in [0.25, 0.3) is 0 Å². The lowest BCUT2D eigenvalue weighted by molar-refractivity contribution is 0.102. The zero-order valence-corrected chi connectivity index (χ0v) is 11.3. The number of benzene rings is 1. The molecule has 0 aliphatic carbocycles. The molecule has 0 saturated carbocycles. The van der Waals surface area contributed by atoms with E-state index in [0.717, 1.165) is 11.8 Å². The molecule has 0 aliphatic heterocycles. The topological polar surface area (TPSA) is 95.1 Å². The number of nitrogens with one attached hydrogen (secondary N) is 2. The molecular weight excluding hydrogens is 270 g/mol. The van der Waals surface area contributed by atoms with Gasteiger partial charge < -0.3 is 15.4 Å². The number of aliphatic hydroxyl groups is 1. The first kappa shape index (κ1) is 14.5. The Balaban J connectivity index is 2.29. The number of aromatic amines is 1. The van der Waals surface area contributed by atoms with E-state index < -0.39 is 5.91 Å². The minimum absolute atomic E-state index is 0.0946. The number of carbonyl (C=O) groups excluding carboxylic acids is 1. The van der Waals surface area contributed by atoms with Crippen molar-refractivity contribution in [1.29, 1.82) is 0 Å². The molecule has 0 spiro atoms. The van der Waals surface area contributed by atoms with Crippen molar-refractivity contribution in [3.05, 3.63) is 57.8 Å². The van der Waals surface area contributed by atoms with Gasteiger partial charge in [0.25, 0.3) is 11.5 Å². The van der Waals surface area contributed by atoms with Crippen LogP contribution in [0.4, 0.5) is 5.69 Å². The average Bonchev–Trinajstić information content (AvgIpc) is 2.47. The zero-order valence-electron chi connectivity index (χ0n) is 11.3. The molecule has 1 amide bonds. The van der Waals surface area contributed by atoms with Crippen molar-refractivity contribution >= 4 is 11.6 Å². The second-order valence-corrected chi connectivity index (χ2v) is 4.26. The summed E-state index contributed by atoms with van der Waals surface area (Å²) >= 11 is 0. The summed E-state index contributed by atoms with van der Waals surface area (Å²) in [4.78, 5) is 29.1. The van der Waals surface area contributed by atoms with Crippen molar-refractivity contribution < 1.29 is 9.90 Å². The highest BCUT2D eigenvalue weighted by atomic mass is 16.2. The smallest absolute Gasteiger partial charge is 0.275 e. The van der Waals surface area contributed by atoms with Gasteiger partial charge in [-0.15, -0.1) is 0 Å². The fourth-order valence-electron chi connectivity index (χ4n) is 1.66. The molecule has 6 heteroatoms. The maximum absolute atomic E-state index is 12.1. The molecule has 0 atom stereocenters. The Morgan fingerprint density at radius 1 is 1.48 bits per heavy atom.